The molecular weight excluding hydrogens is 192 g/mol. The maximum Gasteiger partial charge on any atom is 0.303 e. The highest BCUT2D eigenvalue weighted by Gasteiger charge is 2.17. The zero-order valence-corrected chi connectivity index (χ0v) is 9.11. The molecule has 0 amide bonds. The average Bonchev–Trinajstić information content (AvgIpc) is 2.41. The minimum Gasteiger partial charge on any atom is -0.481 e. The van der Waals surface area contributed by atoms with Gasteiger partial charge in [0.15, 0.2) is 0 Å². The van der Waals surface area contributed by atoms with Gasteiger partial charge >= 0.3 is 5.97 Å². The number of rotatable bonds is 5. The number of aliphatic carboxylic acids is 1. The Hall–Kier alpha value is -0.870. The SMILES string of the molecule is C=CCN1CCCNC(CCC(=O)O)C1. The van der Waals surface area contributed by atoms with Crippen molar-refractivity contribution in [1.82, 2.24) is 10.2 Å². The molecular formula is C11H20N2O2. The molecule has 15 heavy (non-hydrogen) atoms. The van der Waals surface area contributed by atoms with Gasteiger partial charge < -0.3 is 10.4 Å². The van der Waals surface area contributed by atoms with Crippen LogP contribution in [0.1, 0.15) is 19.3 Å². The Balaban J connectivity index is 2.34. The van der Waals surface area contributed by atoms with Crippen molar-refractivity contribution in [1.29, 1.82) is 0 Å². The number of carboxylic acid groups (broad SMARTS) is 1. The van der Waals surface area contributed by atoms with E-state index in [1.54, 1.807) is 0 Å². The predicted octanol–water partition coefficient (Wildman–Crippen LogP) is 0.701. The summed E-state index contributed by atoms with van der Waals surface area (Å²) in [6, 6.07) is 0.309. The summed E-state index contributed by atoms with van der Waals surface area (Å²) in [5, 5.41) is 12.0. The van der Waals surface area contributed by atoms with Crippen LogP contribution in [-0.2, 0) is 4.79 Å². The number of hydrogen-bond donors (Lipinski definition) is 2. The lowest BCUT2D eigenvalue weighted by atomic mass is 10.1. The molecule has 1 saturated heterocycles. The molecule has 1 atom stereocenters. The first-order chi connectivity index (χ1) is 7.22. The Kier molecular flexibility index (Phi) is 5.36. The van der Waals surface area contributed by atoms with Gasteiger partial charge in [0.05, 0.1) is 0 Å². The van der Waals surface area contributed by atoms with Crippen LogP contribution in [0, 0.1) is 0 Å². The number of nitrogens with zero attached hydrogens (tertiary/aromatic N) is 1. The quantitative estimate of drug-likeness (QED) is 0.659. The van der Waals surface area contributed by atoms with Crippen molar-refractivity contribution in [3.8, 4) is 0 Å². The third-order valence-corrected chi connectivity index (χ3v) is 2.66. The van der Waals surface area contributed by atoms with Gasteiger partial charge in [0, 0.05) is 25.6 Å². The molecule has 86 valence electrons. The van der Waals surface area contributed by atoms with Gasteiger partial charge in [0.25, 0.3) is 0 Å². The summed E-state index contributed by atoms with van der Waals surface area (Å²) in [4.78, 5) is 12.8. The van der Waals surface area contributed by atoms with Crippen LogP contribution in [-0.4, -0.2) is 48.2 Å². The van der Waals surface area contributed by atoms with E-state index in [1.165, 1.54) is 0 Å². The smallest absolute Gasteiger partial charge is 0.303 e. The van der Waals surface area contributed by atoms with E-state index in [4.69, 9.17) is 5.11 Å². The maximum absolute atomic E-state index is 10.5. The normalized spacial score (nSPS) is 23.3. The van der Waals surface area contributed by atoms with Crippen LogP contribution in [0.25, 0.3) is 0 Å². The van der Waals surface area contributed by atoms with Crippen LogP contribution in [0.2, 0.25) is 0 Å². The summed E-state index contributed by atoms with van der Waals surface area (Å²) in [7, 11) is 0. The molecule has 0 aromatic carbocycles. The Bertz CT molecular complexity index is 219. The second kappa shape index (κ2) is 6.58. The Labute approximate surface area is 91.0 Å². The number of carbonyl (C=O) groups is 1. The van der Waals surface area contributed by atoms with Gasteiger partial charge in [-0.05, 0) is 25.9 Å². The highest BCUT2D eigenvalue weighted by atomic mass is 16.4. The fourth-order valence-electron chi connectivity index (χ4n) is 1.92. The molecule has 0 aromatic heterocycles. The fraction of sp³-hybridized carbons (Fsp3) is 0.727. The molecule has 2 N–H and O–H groups in total. The van der Waals surface area contributed by atoms with Crippen molar-refractivity contribution in [2.45, 2.75) is 25.3 Å². The second-order valence-corrected chi connectivity index (χ2v) is 3.99. The lowest BCUT2D eigenvalue weighted by Crippen LogP contribution is -2.38. The molecule has 4 heteroatoms. The molecule has 0 aliphatic carbocycles. The monoisotopic (exact) mass is 212 g/mol. The number of nitrogens with one attached hydrogen (secondary N) is 1. The molecule has 1 aliphatic heterocycles. The van der Waals surface area contributed by atoms with Gasteiger partial charge in [-0.1, -0.05) is 6.08 Å². The van der Waals surface area contributed by atoms with Gasteiger partial charge in [0.1, 0.15) is 0 Å². The van der Waals surface area contributed by atoms with Crippen molar-refractivity contribution in [3.05, 3.63) is 12.7 Å². The van der Waals surface area contributed by atoms with Crippen molar-refractivity contribution in [2.75, 3.05) is 26.2 Å². The van der Waals surface area contributed by atoms with E-state index < -0.39 is 5.97 Å². The van der Waals surface area contributed by atoms with Crippen molar-refractivity contribution in [3.63, 3.8) is 0 Å². The Morgan fingerprint density at radius 1 is 1.67 bits per heavy atom. The summed E-state index contributed by atoms with van der Waals surface area (Å²) in [6.45, 7) is 7.61. The average molecular weight is 212 g/mol. The zero-order chi connectivity index (χ0) is 11.1. The number of carboxylic acids is 1. The van der Waals surface area contributed by atoms with Crippen LogP contribution >= 0.6 is 0 Å². The standard InChI is InChI=1S/C11H20N2O2/c1-2-7-13-8-3-6-12-10(9-13)4-5-11(14)15/h2,10,12H,1,3-9H2,(H,14,15). The van der Waals surface area contributed by atoms with Crippen LogP contribution in [0.3, 0.4) is 0 Å². The van der Waals surface area contributed by atoms with Gasteiger partial charge in [-0.2, -0.15) is 0 Å². The molecule has 0 aromatic rings. The predicted molar refractivity (Wildman–Crippen MR) is 59.9 cm³/mol. The molecule has 0 saturated carbocycles. The van der Waals surface area contributed by atoms with E-state index in [1.807, 2.05) is 6.08 Å². The summed E-state index contributed by atoms with van der Waals surface area (Å²) >= 11 is 0. The molecule has 1 unspecified atom stereocenters. The second-order valence-electron chi connectivity index (χ2n) is 3.99. The van der Waals surface area contributed by atoms with Crippen molar-refractivity contribution < 1.29 is 9.90 Å². The van der Waals surface area contributed by atoms with Crippen molar-refractivity contribution >= 4 is 5.97 Å². The third-order valence-electron chi connectivity index (χ3n) is 2.66. The Morgan fingerprint density at radius 3 is 3.13 bits per heavy atom. The summed E-state index contributed by atoms with van der Waals surface area (Å²) in [5.74, 6) is -0.712. The van der Waals surface area contributed by atoms with E-state index in [0.29, 0.717) is 12.5 Å². The Morgan fingerprint density at radius 2 is 2.47 bits per heavy atom. The molecule has 1 fully saturated rings. The van der Waals surface area contributed by atoms with E-state index in [0.717, 1.165) is 32.6 Å². The van der Waals surface area contributed by atoms with E-state index in [9.17, 15) is 4.79 Å². The topological polar surface area (TPSA) is 52.6 Å². The van der Waals surface area contributed by atoms with Crippen LogP contribution in [0.15, 0.2) is 12.7 Å². The molecule has 1 heterocycles. The lowest BCUT2D eigenvalue weighted by molar-refractivity contribution is -0.137. The van der Waals surface area contributed by atoms with Gasteiger partial charge in [-0.15, -0.1) is 6.58 Å². The van der Waals surface area contributed by atoms with Gasteiger partial charge in [-0.3, -0.25) is 9.69 Å². The van der Waals surface area contributed by atoms with E-state index in [2.05, 4.69) is 16.8 Å². The minimum atomic E-state index is -0.712. The zero-order valence-electron chi connectivity index (χ0n) is 9.11. The highest BCUT2D eigenvalue weighted by molar-refractivity contribution is 5.66. The first kappa shape index (κ1) is 12.2. The number of hydrogen-bond acceptors (Lipinski definition) is 3. The van der Waals surface area contributed by atoms with Crippen LogP contribution in [0.4, 0.5) is 0 Å². The first-order valence-electron chi connectivity index (χ1n) is 5.51. The lowest BCUT2D eigenvalue weighted by Gasteiger charge is -2.22. The molecule has 1 rings (SSSR count). The van der Waals surface area contributed by atoms with Crippen LogP contribution in [0.5, 0.6) is 0 Å². The van der Waals surface area contributed by atoms with E-state index >= 15 is 0 Å². The molecule has 1 aliphatic rings. The minimum absolute atomic E-state index is 0.250. The molecule has 0 radical (unpaired) electrons. The molecule has 0 bridgehead atoms. The van der Waals surface area contributed by atoms with Gasteiger partial charge in [0.2, 0.25) is 0 Å². The first-order valence-corrected chi connectivity index (χ1v) is 5.51. The van der Waals surface area contributed by atoms with Crippen LogP contribution < -0.4 is 5.32 Å². The van der Waals surface area contributed by atoms with Gasteiger partial charge in [-0.25, -0.2) is 0 Å². The summed E-state index contributed by atoms with van der Waals surface area (Å²) < 4.78 is 0. The fourth-order valence-corrected chi connectivity index (χ4v) is 1.92. The highest BCUT2D eigenvalue weighted by Crippen LogP contribution is 2.05. The summed E-state index contributed by atoms with van der Waals surface area (Å²) in [6.07, 6.45) is 3.99. The maximum atomic E-state index is 10.5. The molecule has 0 spiro atoms. The molecule has 4 nitrogen and oxygen atoms in total. The van der Waals surface area contributed by atoms with Crippen molar-refractivity contribution in [2.24, 2.45) is 0 Å². The summed E-state index contributed by atoms with van der Waals surface area (Å²) in [5.41, 5.74) is 0. The van der Waals surface area contributed by atoms with E-state index in [-0.39, 0.29) is 6.42 Å². The third kappa shape index (κ3) is 4.95. The largest absolute Gasteiger partial charge is 0.481 e.